The quantitative estimate of drug-likeness (QED) is 0.784. The minimum Gasteiger partial charge on any atom is -0.307 e. The first-order valence-electron chi connectivity index (χ1n) is 6.47. The van der Waals surface area contributed by atoms with Gasteiger partial charge in [0.05, 0.1) is 17.6 Å². The second-order valence-corrected chi connectivity index (χ2v) is 4.30. The van der Waals surface area contributed by atoms with Gasteiger partial charge in [0.2, 0.25) is 0 Å². The second kappa shape index (κ2) is 7.89. The number of aromatic nitrogens is 2. The van der Waals surface area contributed by atoms with Gasteiger partial charge in [0.25, 0.3) is 0 Å². The van der Waals surface area contributed by atoms with Crippen LogP contribution in [0.4, 0.5) is 0 Å². The highest BCUT2D eigenvalue weighted by atomic mass is 16.1. The minimum atomic E-state index is 0.969. The van der Waals surface area contributed by atoms with Crippen LogP contribution in [0.5, 0.6) is 0 Å². The standard InChI is InChI=1S/C16H18N2.CH2O/c1-4-13(2)12-14(3)16-10-11-17-18(16)15-8-6-5-7-9-15;1-2/h5-12H,2,4H2,1,3H3;1H2/b14-12+;. The molecule has 0 aliphatic rings. The molecule has 0 atom stereocenters. The van der Waals surface area contributed by atoms with E-state index in [9.17, 15) is 0 Å². The first-order valence-corrected chi connectivity index (χ1v) is 6.47. The van der Waals surface area contributed by atoms with Crippen molar-refractivity contribution in [3.05, 3.63) is 66.5 Å². The summed E-state index contributed by atoms with van der Waals surface area (Å²) in [6, 6.07) is 12.2. The van der Waals surface area contributed by atoms with E-state index in [1.807, 2.05) is 41.9 Å². The van der Waals surface area contributed by atoms with Gasteiger partial charge in [-0.3, -0.25) is 0 Å². The molecule has 0 unspecified atom stereocenters. The fourth-order valence-electron chi connectivity index (χ4n) is 1.86. The van der Waals surface area contributed by atoms with Crippen LogP contribution in [0, 0.1) is 0 Å². The summed E-state index contributed by atoms with van der Waals surface area (Å²) >= 11 is 0. The molecule has 0 N–H and O–H groups in total. The Bertz CT molecular complexity index is 582. The maximum atomic E-state index is 8.00. The molecule has 0 saturated heterocycles. The lowest BCUT2D eigenvalue weighted by Gasteiger charge is -2.08. The Kier molecular flexibility index (Phi) is 6.17. The number of benzene rings is 1. The molecule has 0 aliphatic carbocycles. The molecule has 0 bridgehead atoms. The number of para-hydroxylation sites is 1. The summed E-state index contributed by atoms with van der Waals surface area (Å²) in [5.74, 6) is 0. The largest absolute Gasteiger partial charge is 0.307 e. The summed E-state index contributed by atoms with van der Waals surface area (Å²) in [5.41, 5.74) is 4.50. The third kappa shape index (κ3) is 3.79. The molecule has 1 heterocycles. The van der Waals surface area contributed by atoms with Gasteiger partial charge in [-0.25, -0.2) is 4.68 Å². The van der Waals surface area contributed by atoms with Crippen molar-refractivity contribution in [2.24, 2.45) is 0 Å². The molecule has 3 heteroatoms. The predicted molar refractivity (Wildman–Crippen MR) is 83.8 cm³/mol. The molecule has 0 aliphatic heterocycles. The molecule has 20 heavy (non-hydrogen) atoms. The Morgan fingerprint density at radius 2 is 1.90 bits per heavy atom. The maximum Gasteiger partial charge on any atom is 0.106 e. The van der Waals surface area contributed by atoms with E-state index in [1.54, 1.807) is 0 Å². The number of carbonyl (C=O) groups is 1. The number of hydrogen-bond donors (Lipinski definition) is 0. The molecule has 1 aromatic heterocycles. The van der Waals surface area contributed by atoms with Gasteiger partial charge >= 0.3 is 0 Å². The molecular formula is C17H20N2O. The first kappa shape index (κ1) is 15.6. The van der Waals surface area contributed by atoms with Gasteiger partial charge in [0, 0.05) is 0 Å². The highest BCUT2D eigenvalue weighted by Crippen LogP contribution is 2.19. The van der Waals surface area contributed by atoms with Gasteiger partial charge in [0.1, 0.15) is 6.79 Å². The summed E-state index contributed by atoms with van der Waals surface area (Å²) in [7, 11) is 0. The maximum absolute atomic E-state index is 8.00. The van der Waals surface area contributed by atoms with Crippen molar-refractivity contribution in [1.82, 2.24) is 9.78 Å². The van der Waals surface area contributed by atoms with Crippen molar-refractivity contribution in [1.29, 1.82) is 0 Å². The number of allylic oxidation sites excluding steroid dienone is 3. The van der Waals surface area contributed by atoms with E-state index < -0.39 is 0 Å². The van der Waals surface area contributed by atoms with Gasteiger partial charge in [-0.2, -0.15) is 5.10 Å². The molecule has 0 amide bonds. The topological polar surface area (TPSA) is 34.9 Å². The van der Waals surface area contributed by atoms with E-state index >= 15 is 0 Å². The SMILES string of the molecule is C=C(/C=C(\C)c1ccnn1-c1ccccc1)CC.C=O. The van der Waals surface area contributed by atoms with E-state index in [0.717, 1.165) is 23.4 Å². The number of rotatable bonds is 4. The molecule has 0 radical (unpaired) electrons. The average Bonchev–Trinajstić information content (AvgIpc) is 2.99. The second-order valence-electron chi connectivity index (χ2n) is 4.30. The number of hydrogen-bond acceptors (Lipinski definition) is 2. The molecule has 3 nitrogen and oxygen atoms in total. The molecular weight excluding hydrogens is 248 g/mol. The molecule has 1 aromatic carbocycles. The lowest BCUT2D eigenvalue weighted by molar-refractivity contribution is -0.0979. The van der Waals surface area contributed by atoms with Crippen molar-refractivity contribution in [3.63, 3.8) is 0 Å². The summed E-state index contributed by atoms with van der Waals surface area (Å²) < 4.78 is 1.95. The lowest BCUT2D eigenvalue weighted by Crippen LogP contribution is -2.00. The molecule has 0 spiro atoms. The Morgan fingerprint density at radius 1 is 1.25 bits per heavy atom. The van der Waals surface area contributed by atoms with Crippen molar-refractivity contribution < 1.29 is 4.79 Å². The summed E-state index contributed by atoms with van der Waals surface area (Å²) in [5, 5.41) is 4.39. The van der Waals surface area contributed by atoms with Crippen LogP contribution in [-0.4, -0.2) is 16.6 Å². The Balaban J connectivity index is 0.000000956. The van der Waals surface area contributed by atoms with Gasteiger partial charge < -0.3 is 4.79 Å². The van der Waals surface area contributed by atoms with Crippen molar-refractivity contribution in [3.8, 4) is 5.69 Å². The zero-order valence-corrected chi connectivity index (χ0v) is 12.0. The first-order chi connectivity index (χ1) is 9.72. The average molecular weight is 268 g/mol. The van der Waals surface area contributed by atoms with E-state index in [0.29, 0.717) is 0 Å². The monoisotopic (exact) mass is 268 g/mol. The van der Waals surface area contributed by atoms with Crippen LogP contribution >= 0.6 is 0 Å². The Labute approximate surface area is 120 Å². The summed E-state index contributed by atoms with van der Waals surface area (Å²) in [6.45, 7) is 10.2. The normalized spacial score (nSPS) is 10.6. The van der Waals surface area contributed by atoms with Crippen LogP contribution in [0.1, 0.15) is 26.0 Å². The van der Waals surface area contributed by atoms with Crippen molar-refractivity contribution in [2.75, 3.05) is 0 Å². The van der Waals surface area contributed by atoms with E-state index in [-0.39, 0.29) is 0 Å². The molecule has 0 fully saturated rings. The predicted octanol–water partition coefficient (Wildman–Crippen LogP) is 4.06. The highest BCUT2D eigenvalue weighted by molar-refractivity contribution is 5.65. The third-order valence-corrected chi connectivity index (χ3v) is 2.92. The van der Waals surface area contributed by atoms with Crippen LogP contribution in [-0.2, 0) is 4.79 Å². The van der Waals surface area contributed by atoms with Crippen LogP contribution < -0.4 is 0 Å². The minimum absolute atomic E-state index is 0.969. The molecule has 2 rings (SSSR count). The zero-order valence-electron chi connectivity index (χ0n) is 12.0. The summed E-state index contributed by atoms with van der Waals surface area (Å²) in [6.07, 6.45) is 4.92. The van der Waals surface area contributed by atoms with Gasteiger partial charge in [-0.05, 0) is 37.1 Å². The number of carbonyl (C=O) groups excluding carboxylic acids is 1. The fraction of sp³-hybridized carbons (Fsp3) is 0.176. The van der Waals surface area contributed by atoms with E-state index in [4.69, 9.17) is 4.79 Å². The van der Waals surface area contributed by atoms with Crippen molar-refractivity contribution >= 4 is 12.4 Å². The van der Waals surface area contributed by atoms with E-state index in [1.165, 1.54) is 5.57 Å². The van der Waals surface area contributed by atoms with Gasteiger partial charge in [-0.1, -0.05) is 43.4 Å². The van der Waals surface area contributed by atoms with Gasteiger partial charge in [-0.15, -0.1) is 0 Å². The van der Waals surface area contributed by atoms with Crippen LogP contribution in [0.2, 0.25) is 0 Å². The Morgan fingerprint density at radius 3 is 2.50 bits per heavy atom. The molecule has 0 saturated carbocycles. The van der Waals surface area contributed by atoms with Crippen LogP contribution in [0.3, 0.4) is 0 Å². The van der Waals surface area contributed by atoms with Crippen LogP contribution in [0.25, 0.3) is 11.3 Å². The third-order valence-electron chi connectivity index (χ3n) is 2.92. The Hall–Kier alpha value is -2.42. The molecule has 2 aromatic rings. The van der Waals surface area contributed by atoms with Gasteiger partial charge in [0.15, 0.2) is 0 Å². The fourth-order valence-corrected chi connectivity index (χ4v) is 1.86. The highest BCUT2D eigenvalue weighted by Gasteiger charge is 2.06. The van der Waals surface area contributed by atoms with Crippen molar-refractivity contribution in [2.45, 2.75) is 20.3 Å². The summed E-state index contributed by atoms with van der Waals surface area (Å²) in [4.78, 5) is 8.00. The van der Waals surface area contributed by atoms with Crippen LogP contribution in [0.15, 0.2) is 60.8 Å². The number of nitrogens with zero attached hydrogens (tertiary/aromatic N) is 2. The zero-order chi connectivity index (χ0) is 15.0. The van der Waals surface area contributed by atoms with E-state index in [2.05, 4.69) is 43.7 Å². The smallest absolute Gasteiger partial charge is 0.106 e. The lowest BCUT2D eigenvalue weighted by atomic mass is 10.1. The molecule has 104 valence electrons.